The Labute approximate surface area is 264 Å². The Morgan fingerprint density at radius 2 is 0.830 bits per heavy atom. The molecule has 0 spiro atoms. The van der Waals surface area contributed by atoms with E-state index in [1.807, 2.05) is 48.5 Å². The highest BCUT2D eigenvalue weighted by atomic mass is 16.4. The molecule has 8 N–H and O–H groups in total. The van der Waals surface area contributed by atoms with E-state index in [1.165, 1.54) is 0 Å². The van der Waals surface area contributed by atoms with Gasteiger partial charge in [-0.1, -0.05) is 84.9 Å². The zero-order valence-corrected chi connectivity index (χ0v) is 24.2. The first-order chi connectivity index (χ1) is 22.7. The van der Waals surface area contributed by atoms with Gasteiger partial charge in [0.25, 0.3) is 0 Å². The Hall–Kier alpha value is -6.74. The summed E-state index contributed by atoms with van der Waals surface area (Å²) in [4.78, 5) is 0. The highest BCUT2D eigenvalue weighted by molar-refractivity contribution is 6.29. The van der Waals surface area contributed by atoms with Gasteiger partial charge in [-0.15, -0.1) is 0 Å². The fourth-order valence-corrected chi connectivity index (χ4v) is 6.60. The van der Waals surface area contributed by atoms with E-state index in [0.29, 0.717) is 27.7 Å². The molecule has 1 aromatic heterocycles. The molecule has 0 atom stereocenters. The highest BCUT2D eigenvalue weighted by Gasteiger charge is 2.32. The molecule has 0 aliphatic rings. The van der Waals surface area contributed by atoms with Crippen LogP contribution in [0, 0.1) is 0 Å². The number of para-hydroxylation sites is 1. The third-order valence-corrected chi connectivity index (χ3v) is 8.73. The summed E-state index contributed by atoms with van der Waals surface area (Å²) in [6, 6.07) is 28.7. The molecular formula is C38H24O9. The standard InChI is InChI=1S/C38H24O9/c39-30-26-24(18-10-5-2-6-11-18)27-29(33(42)37(46)35(44)31(27)40)25(28(26)32(41)36(45)34(30)43)19-14-15-23-22(16-19)21-13-7-12-20(38(21)47-23)17-8-3-1-4-9-17/h1-16,39-46H. The third-order valence-electron chi connectivity index (χ3n) is 8.73. The van der Waals surface area contributed by atoms with E-state index in [2.05, 4.69) is 0 Å². The number of phenols is 8. The van der Waals surface area contributed by atoms with Crippen molar-refractivity contribution in [2.75, 3.05) is 0 Å². The molecular weight excluding hydrogens is 600 g/mol. The molecule has 0 aliphatic heterocycles. The van der Waals surface area contributed by atoms with Gasteiger partial charge < -0.3 is 45.3 Å². The van der Waals surface area contributed by atoms with E-state index >= 15 is 0 Å². The third kappa shape index (κ3) is 3.77. The Kier molecular flexibility index (Phi) is 5.84. The number of rotatable bonds is 3. The van der Waals surface area contributed by atoms with E-state index in [1.54, 1.807) is 48.5 Å². The molecule has 9 heteroatoms. The average Bonchev–Trinajstić information content (AvgIpc) is 3.49. The molecule has 9 nitrogen and oxygen atoms in total. The van der Waals surface area contributed by atoms with Crippen molar-refractivity contribution in [2.45, 2.75) is 0 Å². The minimum atomic E-state index is -1.02. The lowest BCUT2D eigenvalue weighted by atomic mass is 9.83. The summed E-state index contributed by atoms with van der Waals surface area (Å²) in [6.45, 7) is 0. The van der Waals surface area contributed by atoms with Crippen LogP contribution in [0.5, 0.6) is 46.0 Å². The molecule has 0 aliphatic carbocycles. The van der Waals surface area contributed by atoms with Gasteiger partial charge in [-0.2, -0.15) is 0 Å². The van der Waals surface area contributed by atoms with Crippen molar-refractivity contribution in [3.8, 4) is 79.4 Å². The number of furan rings is 1. The second-order valence-electron chi connectivity index (χ2n) is 11.3. The van der Waals surface area contributed by atoms with Gasteiger partial charge in [0, 0.05) is 49.0 Å². The van der Waals surface area contributed by atoms with Gasteiger partial charge in [0.15, 0.2) is 23.0 Å². The van der Waals surface area contributed by atoms with Crippen molar-refractivity contribution in [2.24, 2.45) is 0 Å². The van der Waals surface area contributed by atoms with E-state index in [9.17, 15) is 40.9 Å². The van der Waals surface area contributed by atoms with Gasteiger partial charge >= 0.3 is 0 Å². The Morgan fingerprint density at radius 3 is 1.34 bits per heavy atom. The minimum Gasteiger partial charge on any atom is -0.504 e. The maximum atomic E-state index is 11.4. The molecule has 47 heavy (non-hydrogen) atoms. The maximum Gasteiger partial charge on any atom is 0.204 e. The molecule has 230 valence electrons. The molecule has 0 saturated heterocycles. The Morgan fingerprint density at radius 1 is 0.362 bits per heavy atom. The number of aromatic hydroxyl groups is 8. The van der Waals surface area contributed by atoms with E-state index in [-0.39, 0.29) is 32.7 Å². The van der Waals surface area contributed by atoms with Crippen LogP contribution in [0.25, 0.3) is 76.9 Å². The Bertz CT molecular complexity index is 2510. The smallest absolute Gasteiger partial charge is 0.204 e. The zero-order valence-electron chi connectivity index (χ0n) is 24.2. The van der Waals surface area contributed by atoms with Crippen LogP contribution in [-0.2, 0) is 0 Å². The quantitative estimate of drug-likeness (QED) is 0.0544. The normalized spacial score (nSPS) is 11.7. The first-order valence-corrected chi connectivity index (χ1v) is 14.5. The fraction of sp³-hybridized carbons (Fsp3) is 0. The predicted molar refractivity (Wildman–Crippen MR) is 178 cm³/mol. The predicted octanol–water partition coefficient (Wildman–Crippen LogP) is 8.54. The first-order valence-electron chi connectivity index (χ1n) is 14.5. The molecule has 8 rings (SSSR count). The van der Waals surface area contributed by atoms with Crippen molar-refractivity contribution < 1.29 is 45.3 Å². The van der Waals surface area contributed by atoms with Crippen molar-refractivity contribution in [3.63, 3.8) is 0 Å². The number of benzene rings is 7. The number of hydrogen-bond donors (Lipinski definition) is 8. The summed E-state index contributed by atoms with van der Waals surface area (Å²) in [7, 11) is 0. The lowest BCUT2D eigenvalue weighted by Crippen LogP contribution is -1.94. The number of phenolic OH excluding ortho intramolecular Hbond substituents is 8. The molecule has 1 heterocycles. The van der Waals surface area contributed by atoms with Crippen molar-refractivity contribution >= 4 is 43.5 Å². The van der Waals surface area contributed by atoms with Crippen LogP contribution >= 0.6 is 0 Å². The second-order valence-corrected chi connectivity index (χ2v) is 11.3. The molecule has 0 saturated carbocycles. The first kappa shape index (κ1) is 27.8. The maximum absolute atomic E-state index is 11.4. The molecule has 0 bridgehead atoms. The monoisotopic (exact) mass is 624 g/mol. The summed E-state index contributed by atoms with van der Waals surface area (Å²) >= 11 is 0. The van der Waals surface area contributed by atoms with E-state index < -0.39 is 46.0 Å². The van der Waals surface area contributed by atoms with E-state index in [0.717, 1.165) is 16.5 Å². The summed E-state index contributed by atoms with van der Waals surface area (Å²) < 4.78 is 6.31. The van der Waals surface area contributed by atoms with Gasteiger partial charge in [-0.25, -0.2) is 0 Å². The lowest BCUT2D eigenvalue weighted by molar-refractivity contribution is 0.350. The number of fused-ring (bicyclic) bond motifs is 5. The lowest BCUT2D eigenvalue weighted by Gasteiger charge is -2.22. The van der Waals surface area contributed by atoms with E-state index in [4.69, 9.17) is 4.42 Å². The Balaban J connectivity index is 1.59. The van der Waals surface area contributed by atoms with Gasteiger partial charge in [-0.3, -0.25) is 0 Å². The van der Waals surface area contributed by atoms with Crippen LogP contribution in [0.2, 0.25) is 0 Å². The largest absolute Gasteiger partial charge is 0.504 e. The molecule has 0 fully saturated rings. The van der Waals surface area contributed by atoms with Crippen LogP contribution in [0.3, 0.4) is 0 Å². The second kappa shape index (κ2) is 9.88. The van der Waals surface area contributed by atoms with Gasteiger partial charge in [0.1, 0.15) is 11.2 Å². The summed E-state index contributed by atoms with van der Waals surface area (Å²) in [5, 5.41) is 89.0. The average molecular weight is 625 g/mol. The van der Waals surface area contributed by atoms with Crippen LogP contribution in [-0.4, -0.2) is 40.9 Å². The van der Waals surface area contributed by atoms with Crippen molar-refractivity contribution in [3.05, 3.63) is 97.1 Å². The molecule has 0 unspecified atom stereocenters. The van der Waals surface area contributed by atoms with Gasteiger partial charge in [-0.05, 0) is 28.8 Å². The summed E-state index contributed by atoms with van der Waals surface area (Å²) in [6.07, 6.45) is 0. The topological polar surface area (TPSA) is 175 Å². The molecule has 0 radical (unpaired) electrons. The fourth-order valence-electron chi connectivity index (χ4n) is 6.60. The number of hydrogen-bond acceptors (Lipinski definition) is 9. The SMILES string of the molecule is Oc1c(O)c(O)c2c(-c3ccc4oc5c(-c6ccccc6)cccc5c4c3)c3c(O)c(O)c(O)c(O)c3c(-c3ccccc3)c2c1O. The zero-order chi connectivity index (χ0) is 32.7. The van der Waals surface area contributed by atoms with Crippen LogP contribution < -0.4 is 0 Å². The summed E-state index contributed by atoms with van der Waals surface area (Å²) in [5.41, 5.74) is 3.54. The van der Waals surface area contributed by atoms with Gasteiger partial charge in [0.2, 0.25) is 23.0 Å². The van der Waals surface area contributed by atoms with Gasteiger partial charge in [0.05, 0.1) is 0 Å². The van der Waals surface area contributed by atoms with Crippen LogP contribution in [0.15, 0.2) is 101 Å². The molecule has 7 aromatic carbocycles. The highest BCUT2D eigenvalue weighted by Crippen LogP contribution is 2.61. The van der Waals surface area contributed by atoms with Crippen molar-refractivity contribution in [1.29, 1.82) is 0 Å². The summed E-state index contributed by atoms with van der Waals surface area (Å²) in [5.74, 6) is -7.41. The molecule has 8 aromatic rings. The minimum absolute atomic E-state index is 0.00658. The molecule has 0 amide bonds. The van der Waals surface area contributed by atoms with Crippen molar-refractivity contribution in [1.82, 2.24) is 0 Å². The van der Waals surface area contributed by atoms with Crippen LogP contribution in [0.1, 0.15) is 0 Å². The van der Waals surface area contributed by atoms with Crippen LogP contribution in [0.4, 0.5) is 0 Å².